The van der Waals surface area contributed by atoms with Crippen LogP contribution in [-0.2, 0) is 4.74 Å². The summed E-state index contributed by atoms with van der Waals surface area (Å²) < 4.78 is 6.37. The molecule has 1 aromatic carbocycles. The quantitative estimate of drug-likeness (QED) is 0.588. The van der Waals surface area contributed by atoms with E-state index in [1.54, 1.807) is 13.1 Å². The Bertz CT molecular complexity index is 1260. The van der Waals surface area contributed by atoms with Crippen LogP contribution in [0.3, 0.4) is 0 Å². The van der Waals surface area contributed by atoms with Gasteiger partial charge in [-0.15, -0.1) is 0 Å². The molecule has 3 aromatic rings. The van der Waals surface area contributed by atoms with Gasteiger partial charge in [0.05, 0.1) is 35.1 Å². The van der Waals surface area contributed by atoms with Crippen LogP contribution in [-0.4, -0.2) is 78.0 Å². The minimum Gasteiger partial charge on any atom is -0.387 e. The van der Waals surface area contributed by atoms with Crippen LogP contribution in [0.1, 0.15) is 36.9 Å². The van der Waals surface area contributed by atoms with Gasteiger partial charge < -0.3 is 19.6 Å². The molecule has 0 aliphatic carbocycles. The zero-order valence-corrected chi connectivity index (χ0v) is 21.3. The molecule has 2 fully saturated rings. The van der Waals surface area contributed by atoms with Crippen LogP contribution in [0.25, 0.3) is 10.9 Å². The summed E-state index contributed by atoms with van der Waals surface area (Å²) in [5.41, 5.74) is 5.27. The van der Waals surface area contributed by atoms with Gasteiger partial charge in [-0.3, -0.25) is 14.9 Å². The molecule has 0 bridgehead atoms. The highest BCUT2D eigenvalue weighted by molar-refractivity contribution is 5.95. The minimum absolute atomic E-state index is 0.104. The number of aryl methyl sites for hydroxylation is 1. The summed E-state index contributed by atoms with van der Waals surface area (Å²) in [6, 6.07) is 14.3. The number of nitriles is 1. The van der Waals surface area contributed by atoms with Crippen LogP contribution < -0.4 is 9.80 Å². The molecule has 1 unspecified atom stereocenters. The fourth-order valence-electron chi connectivity index (χ4n) is 5.41. The summed E-state index contributed by atoms with van der Waals surface area (Å²) in [7, 11) is 0. The van der Waals surface area contributed by atoms with E-state index in [0.717, 1.165) is 79.5 Å². The molecule has 2 aliphatic heterocycles. The van der Waals surface area contributed by atoms with E-state index in [0.29, 0.717) is 5.56 Å². The fourth-order valence-corrected chi connectivity index (χ4v) is 5.41. The molecule has 188 valence electrons. The SMILES string of the molecule is Cc1cc(N2CCN(C[C@H]3CN(c4ccc(C#N)c5ncccc45)C[C@@H](C)O3)CC2)cc(C(C)O)n1. The first-order chi connectivity index (χ1) is 17.4. The Labute approximate surface area is 212 Å². The van der Waals surface area contributed by atoms with Crippen molar-refractivity contribution >= 4 is 22.3 Å². The number of hydrogen-bond acceptors (Lipinski definition) is 8. The van der Waals surface area contributed by atoms with Gasteiger partial charge in [0, 0.05) is 74.5 Å². The van der Waals surface area contributed by atoms with E-state index in [1.165, 1.54) is 0 Å². The molecule has 2 saturated heterocycles. The van der Waals surface area contributed by atoms with Crippen molar-refractivity contribution in [3.05, 3.63) is 59.5 Å². The number of fused-ring (bicyclic) bond motifs is 1. The Morgan fingerprint density at radius 3 is 2.69 bits per heavy atom. The predicted octanol–water partition coefficient (Wildman–Crippen LogP) is 3.28. The molecule has 0 spiro atoms. The average molecular weight is 487 g/mol. The summed E-state index contributed by atoms with van der Waals surface area (Å²) in [6.07, 6.45) is 1.40. The Morgan fingerprint density at radius 2 is 1.94 bits per heavy atom. The van der Waals surface area contributed by atoms with Gasteiger partial charge in [-0.2, -0.15) is 5.26 Å². The third kappa shape index (κ3) is 5.14. The van der Waals surface area contributed by atoms with Crippen LogP contribution >= 0.6 is 0 Å². The Hall–Kier alpha value is -3.25. The van der Waals surface area contributed by atoms with E-state index in [1.807, 2.05) is 25.1 Å². The summed E-state index contributed by atoms with van der Waals surface area (Å²) in [6.45, 7) is 12.2. The standard InChI is InChI=1S/C28H34N6O2/c1-19-13-23(14-26(31-19)21(3)35)33-11-9-32(10-12-33)17-24-18-34(16-20(2)36-24)27-7-6-22(15-29)28-25(27)5-4-8-30-28/h4-8,13-14,20-21,24,35H,9-12,16-18H2,1-3H3/t20-,21?,24+/m1/s1. The third-order valence-electron chi connectivity index (χ3n) is 7.12. The Balaban J connectivity index is 1.25. The normalized spacial score (nSPS) is 22.0. The monoisotopic (exact) mass is 486 g/mol. The number of hydrogen-bond donors (Lipinski definition) is 1. The van der Waals surface area contributed by atoms with Gasteiger partial charge in [-0.05, 0) is 57.2 Å². The van der Waals surface area contributed by atoms with Crippen molar-refractivity contribution in [2.75, 3.05) is 55.6 Å². The number of aromatic nitrogens is 2. The van der Waals surface area contributed by atoms with Gasteiger partial charge >= 0.3 is 0 Å². The van der Waals surface area contributed by atoms with Gasteiger partial charge in [-0.25, -0.2) is 0 Å². The second-order valence-corrected chi connectivity index (χ2v) is 9.97. The van der Waals surface area contributed by atoms with Gasteiger partial charge in [0.1, 0.15) is 6.07 Å². The van der Waals surface area contributed by atoms with Crippen LogP contribution in [0, 0.1) is 18.3 Å². The molecule has 36 heavy (non-hydrogen) atoms. The molecule has 2 aromatic heterocycles. The number of aliphatic hydroxyl groups excluding tert-OH is 1. The van der Waals surface area contributed by atoms with Crippen LogP contribution in [0.5, 0.6) is 0 Å². The number of rotatable bonds is 5. The molecule has 8 nitrogen and oxygen atoms in total. The summed E-state index contributed by atoms with van der Waals surface area (Å²) in [5, 5.41) is 20.5. The highest BCUT2D eigenvalue weighted by atomic mass is 16.5. The number of nitrogens with zero attached hydrogens (tertiary/aromatic N) is 6. The van der Waals surface area contributed by atoms with Crippen LogP contribution in [0.15, 0.2) is 42.6 Å². The lowest BCUT2D eigenvalue weighted by molar-refractivity contribution is -0.0327. The number of pyridine rings is 2. The van der Waals surface area contributed by atoms with Crippen molar-refractivity contribution in [2.45, 2.75) is 39.1 Å². The Kier molecular flexibility index (Phi) is 7.06. The first-order valence-corrected chi connectivity index (χ1v) is 12.7. The minimum atomic E-state index is -0.567. The maximum Gasteiger partial charge on any atom is 0.101 e. The van der Waals surface area contributed by atoms with Gasteiger partial charge in [0.25, 0.3) is 0 Å². The lowest BCUT2D eigenvalue weighted by Crippen LogP contribution is -2.54. The summed E-state index contributed by atoms with van der Waals surface area (Å²) in [4.78, 5) is 16.2. The molecule has 0 saturated carbocycles. The number of aliphatic hydroxyl groups is 1. The maximum atomic E-state index is 9.98. The third-order valence-corrected chi connectivity index (χ3v) is 7.12. The van der Waals surface area contributed by atoms with E-state index < -0.39 is 6.10 Å². The summed E-state index contributed by atoms with van der Waals surface area (Å²) in [5.74, 6) is 0. The molecular weight excluding hydrogens is 452 g/mol. The molecule has 3 atom stereocenters. The number of morpholine rings is 1. The van der Waals surface area contributed by atoms with E-state index in [9.17, 15) is 10.4 Å². The smallest absolute Gasteiger partial charge is 0.101 e. The lowest BCUT2D eigenvalue weighted by Gasteiger charge is -2.42. The molecule has 1 N–H and O–H groups in total. The molecule has 8 heteroatoms. The fraction of sp³-hybridized carbons (Fsp3) is 0.464. The van der Waals surface area contributed by atoms with Crippen molar-refractivity contribution < 1.29 is 9.84 Å². The molecule has 0 amide bonds. The predicted molar refractivity (Wildman–Crippen MR) is 141 cm³/mol. The first-order valence-electron chi connectivity index (χ1n) is 12.7. The van der Waals surface area contributed by atoms with E-state index in [-0.39, 0.29) is 12.2 Å². The van der Waals surface area contributed by atoms with Crippen molar-refractivity contribution in [2.24, 2.45) is 0 Å². The van der Waals surface area contributed by atoms with Crippen molar-refractivity contribution in [1.29, 1.82) is 5.26 Å². The highest BCUT2D eigenvalue weighted by Crippen LogP contribution is 2.30. The molecule has 2 aliphatic rings. The van der Waals surface area contributed by atoms with Crippen molar-refractivity contribution in [3.8, 4) is 6.07 Å². The van der Waals surface area contributed by atoms with Gasteiger partial charge in [0.2, 0.25) is 0 Å². The maximum absolute atomic E-state index is 9.98. The molecule has 5 rings (SSSR count). The summed E-state index contributed by atoms with van der Waals surface area (Å²) >= 11 is 0. The van der Waals surface area contributed by atoms with E-state index in [2.05, 4.69) is 55.9 Å². The van der Waals surface area contributed by atoms with Crippen LogP contribution in [0.2, 0.25) is 0 Å². The van der Waals surface area contributed by atoms with Gasteiger partial charge in [-0.1, -0.05) is 0 Å². The number of anilines is 2. The number of piperazine rings is 1. The second kappa shape index (κ2) is 10.4. The van der Waals surface area contributed by atoms with E-state index in [4.69, 9.17) is 4.74 Å². The molecular formula is C28H34N6O2. The molecule has 4 heterocycles. The van der Waals surface area contributed by atoms with E-state index >= 15 is 0 Å². The topological polar surface area (TPSA) is 88.8 Å². The van der Waals surface area contributed by atoms with Crippen molar-refractivity contribution in [1.82, 2.24) is 14.9 Å². The second-order valence-electron chi connectivity index (χ2n) is 9.97. The first kappa shape index (κ1) is 24.4. The Morgan fingerprint density at radius 1 is 1.14 bits per heavy atom. The number of benzene rings is 1. The zero-order chi connectivity index (χ0) is 25.2. The van der Waals surface area contributed by atoms with Gasteiger partial charge in [0.15, 0.2) is 0 Å². The zero-order valence-electron chi connectivity index (χ0n) is 21.3. The number of ether oxygens (including phenoxy) is 1. The van der Waals surface area contributed by atoms with Crippen molar-refractivity contribution in [3.63, 3.8) is 0 Å². The van der Waals surface area contributed by atoms with Crippen LogP contribution in [0.4, 0.5) is 11.4 Å². The highest BCUT2D eigenvalue weighted by Gasteiger charge is 2.29. The molecule has 0 radical (unpaired) electrons. The lowest BCUT2D eigenvalue weighted by atomic mass is 10.1. The average Bonchev–Trinajstić information content (AvgIpc) is 2.87. The largest absolute Gasteiger partial charge is 0.387 e.